The van der Waals surface area contributed by atoms with Crippen LogP contribution in [0, 0.1) is 5.92 Å². The lowest BCUT2D eigenvalue weighted by atomic mass is 9.88. The molecule has 1 amide bonds. The molecule has 0 fully saturated rings. The van der Waals surface area contributed by atoms with Crippen LogP contribution in [0.5, 0.6) is 5.75 Å². The van der Waals surface area contributed by atoms with Crippen LogP contribution >= 0.6 is 0 Å². The maximum Gasteiger partial charge on any atom is 0.272 e. The molecular formula is C18H20N4O3. The van der Waals surface area contributed by atoms with Crippen LogP contribution < -0.4 is 10.1 Å². The summed E-state index contributed by atoms with van der Waals surface area (Å²) in [4.78, 5) is 16.9. The van der Waals surface area contributed by atoms with Gasteiger partial charge in [-0.2, -0.15) is 5.10 Å². The molecule has 130 valence electrons. The first-order valence-corrected chi connectivity index (χ1v) is 8.42. The van der Waals surface area contributed by atoms with Crippen LogP contribution in [0.1, 0.15) is 41.0 Å². The molecule has 0 radical (unpaired) electrons. The van der Waals surface area contributed by atoms with E-state index in [2.05, 4.69) is 27.4 Å². The van der Waals surface area contributed by atoms with Crippen molar-refractivity contribution in [1.82, 2.24) is 20.5 Å². The van der Waals surface area contributed by atoms with Gasteiger partial charge in [-0.3, -0.25) is 9.89 Å². The van der Waals surface area contributed by atoms with E-state index in [-0.39, 0.29) is 12.5 Å². The average Bonchev–Trinajstić information content (AvgIpc) is 3.22. The number of H-pyrrole nitrogens is 1. The summed E-state index contributed by atoms with van der Waals surface area (Å²) >= 11 is 0. The molecule has 4 rings (SSSR count). The predicted octanol–water partition coefficient (Wildman–Crippen LogP) is 2.61. The van der Waals surface area contributed by atoms with Crippen LogP contribution in [0.25, 0.3) is 11.1 Å². The van der Waals surface area contributed by atoms with Crippen LogP contribution in [0.3, 0.4) is 0 Å². The summed E-state index contributed by atoms with van der Waals surface area (Å²) in [5, 5.41) is 10.0. The Kier molecular flexibility index (Phi) is 3.91. The fourth-order valence-electron chi connectivity index (χ4n) is 3.25. The van der Waals surface area contributed by atoms with E-state index in [1.54, 1.807) is 19.2 Å². The number of oxazole rings is 1. The van der Waals surface area contributed by atoms with Crippen molar-refractivity contribution >= 4 is 17.0 Å². The standard InChI is InChI=1S/C18H20N4O3/c1-10-3-5-13-12(7-10)17(22-21-13)18(23)19-9-16-20-14-8-11(24-2)4-6-15(14)25-16/h4,6,8,10H,3,5,7,9H2,1-2H3,(H,19,23)(H,21,22)/t10-/m0/s1. The molecule has 2 aromatic heterocycles. The molecule has 2 N–H and O–H groups in total. The molecule has 1 aliphatic rings. The van der Waals surface area contributed by atoms with Gasteiger partial charge in [0, 0.05) is 17.3 Å². The summed E-state index contributed by atoms with van der Waals surface area (Å²) in [6, 6.07) is 5.42. The van der Waals surface area contributed by atoms with E-state index in [1.807, 2.05) is 6.07 Å². The quantitative estimate of drug-likeness (QED) is 0.761. The van der Waals surface area contributed by atoms with E-state index in [9.17, 15) is 4.79 Å². The van der Waals surface area contributed by atoms with Gasteiger partial charge < -0.3 is 14.5 Å². The highest BCUT2D eigenvalue weighted by Gasteiger charge is 2.24. The van der Waals surface area contributed by atoms with Crippen molar-refractivity contribution in [2.75, 3.05) is 7.11 Å². The number of nitrogens with one attached hydrogen (secondary N) is 2. The average molecular weight is 340 g/mol. The number of aryl methyl sites for hydroxylation is 1. The maximum atomic E-state index is 12.5. The lowest BCUT2D eigenvalue weighted by Gasteiger charge is -2.17. The third kappa shape index (κ3) is 2.97. The van der Waals surface area contributed by atoms with Gasteiger partial charge in [-0.1, -0.05) is 6.92 Å². The summed E-state index contributed by atoms with van der Waals surface area (Å²) in [6.07, 6.45) is 2.96. The zero-order valence-electron chi connectivity index (χ0n) is 14.3. The molecule has 0 saturated heterocycles. The Morgan fingerprint density at radius 1 is 1.48 bits per heavy atom. The number of aromatic nitrogens is 3. The number of methoxy groups -OCH3 is 1. The molecule has 0 spiro atoms. The molecular weight excluding hydrogens is 320 g/mol. The van der Waals surface area contributed by atoms with E-state index in [0.29, 0.717) is 34.4 Å². The van der Waals surface area contributed by atoms with Crippen molar-refractivity contribution < 1.29 is 13.9 Å². The van der Waals surface area contributed by atoms with Gasteiger partial charge in [0.15, 0.2) is 11.3 Å². The van der Waals surface area contributed by atoms with Crippen LogP contribution in [0.4, 0.5) is 0 Å². The van der Waals surface area contributed by atoms with E-state index in [1.165, 1.54) is 0 Å². The smallest absolute Gasteiger partial charge is 0.272 e. The van der Waals surface area contributed by atoms with E-state index < -0.39 is 0 Å². The minimum Gasteiger partial charge on any atom is -0.497 e. The number of carbonyl (C=O) groups is 1. The van der Waals surface area contributed by atoms with Gasteiger partial charge in [-0.15, -0.1) is 0 Å². The Balaban J connectivity index is 1.48. The van der Waals surface area contributed by atoms with Gasteiger partial charge in [0.2, 0.25) is 5.89 Å². The lowest BCUT2D eigenvalue weighted by Crippen LogP contribution is -2.25. The van der Waals surface area contributed by atoms with Gasteiger partial charge in [0.05, 0.1) is 13.7 Å². The number of nitrogens with zero attached hydrogens (tertiary/aromatic N) is 2. The van der Waals surface area contributed by atoms with Gasteiger partial charge >= 0.3 is 0 Å². The third-order valence-corrected chi connectivity index (χ3v) is 4.65. The van der Waals surface area contributed by atoms with Crippen LogP contribution in [0.15, 0.2) is 22.6 Å². The molecule has 0 aliphatic heterocycles. The SMILES string of the molecule is COc1ccc2oc(CNC(=O)c3n[nH]c4c3C[C@@H](C)CC4)nc2c1. The van der Waals surface area contributed by atoms with Gasteiger partial charge in [-0.05, 0) is 37.3 Å². The summed E-state index contributed by atoms with van der Waals surface area (Å²) in [7, 11) is 1.60. The number of amides is 1. The summed E-state index contributed by atoms with van der Waals surface area (Å²) in [5.41, 5.74) is 3.97. The molecule has 2 heterocycles. The lowest BCUT2D eigenvalue weighted by molar-refractivity contribution is 0.0941. The molecule has 1 aliphatic carbocycles. The van der Waals surface area contributed by atoms with Crippen molar-refractivity contribution in [3.8, 4) is 5.75 Å². The second-order valence-corrected chi connectivity index (χ2v) is 6.50. The Hall–Kier alpha value is -2.83. The highest BCUT2D eigenvalue weighted by Crippen LogP contribution is 2.26. The fraction of sp³-hybridized carbons (Fsp3) is 0.389. The number of rotatable bonds is 4. The number of ether oxygens (including phenoxy) is 1. The highest BCUT2D eigenvalue weighted by atomic mass is 16.5. The second kappa shape index (κ2) is 6.23. The van der Waals surface area contributed by atoms with Gasteiger partial charge in [-0.25, -0.2) is 4.98 Å². The van der Waals surface area contributed by atoms with E-state index in [4.69, 9.17) is 9.15 Å². The molecule has 7 heteroatoms. The topological polar surface area (TPSA) is 93.0 Å². The van der Waals surface area contributed by atoms with Gasteiger partial charge in [0.25, 0.3) is 5.91 Å². The number of hydrogen-bond donors (Lipinski definition) is 2. The number of aromatic amines is 1. The Labute approximate surface area is 144 Å². The summed E-state index contributed by atoms with van der Waals surface area (Å²) < 4.78 is 10.8. The van der Waals surface area contributed by atoms with Crippen molar-refractivity contribution in [2.24, 2.45) is 5.92 Å². The maximum absolute atomic E-state index is 12.5. The Morgan fingerprint density at radius 3 is 3.20 bits per heavy atom. The van der Waals surface area contributed by atoms with Crippen molar-refractivity contribution in [3.63, 3.8) is 0 Å². The zero-order chi connectivity index (χ0) is 17.4. The second-order valence-electron chi connectivity index (χ2n) is 6.50. The summed E-state index contributed by atoms with van der Waals surface area (Å²) in [6.45, 7) is 2.41. The number of hydrogen-bond acceptors (Lipinski definition) is 5. The molecule has 1 atom stereocenters. The molecule has 0 bridgehead atoms. The van der Waals surface area contributed by atoms with Crippen LogP contribution in [-0.4, -0.2) is 28.2 Å². The van der Waals surface area contributed by atoms with E-state index in [0.717, 1.165) is 30.5 Å². The fourth-order valence-corrected chi connectivity index (χ4v) is 3.25. The Morgan fingerprint density at radius 2 is 2.36 bits per heavy atom. The number of benzene rings is 1. The van der Waals surface area contributed by atoms with Crippen molar-refractivity contribution in [1.29, 1.82) is 0 Å². The molecule has 0 unspecified atom stereocenters. The molecule has 3 aromatic rings. The van der Waals surface area contributed by atoms with Crippen molar-refractivity contribution in [2.45, 2.75) is 32.7 Å². The first-order valence-electron chi connectivity index (χ1n) is 8.42. The highest BCUT2D eigenvalue weighted by molar-refractivity contribution is 5.94. The molecule has 0 saturated carbocycles. The van der Waals surface area contributed by atoms with Crippen LogP contribution in [-0.2, 0) is 19.4 Å². The summed E-state index contributed by atoms with van der Waals surface area (Å²) in [5.74, 6) is 1.54. The minimum atomic E-state index is -0.202. The Bertz CT molecular complexity index is 928. The minimum absolute atomic E-state index is 0.202. The van der Waals surface area contributed by atoms with E-state index >= 15 is 0 Å². The predicted molar refractivity (Wildman–Crippen MR) is 91.5 cm³/mol. The zero-order valence-corrected chi connectivity index (χ0v) is 14.3. The molecule has 1 aromatic carbocycles. The van der Waals surface area contributed by atoms with Crippen molar-refractivity contribution in [3.05, 3.63) is 41.0 Å². The first-order chi connectivity index (χ1) is 12.1. The number of carbonyl (C=O) groups excluding carboxylic acids is 1. The third-order valence-electron chi connectivity index (χ3n) is 4.65. The molecule has 25 heavy (non-hydrogen) atoms. The largest absolute Gasteiger partial charge is 0.497 e. The van der Waals surface area contributed by atoms with Crippen LogP contribution in [0.2, 0.25) is 0 Å². The first kappa shape index (κ1) is 15.7. The monoisotopic (exact) mass is 340 g/mol. The van der Waals surface area contributed by atoms with Gasteiger partial charge in [0.1, 0.15) is 11.3 Å². The number of fused-ring (bicyclic) bond motifs is 2. The molecule has 7 nitrogen and oxygen atoms in total. The normalized spacial score (nSPS) is 16.6.